The molecule has 0 spiro atoms. The average molecular weight is 557 g/mol. The van der Waals surface area contributed by atoms with Gasteiger partial charge in [-0.3, -0.25) is 0 Å². The molecule has 2 atom stereocenters. The van der Waals surface area contributed by atoms with Crippen LogP contribution in [0.15, 0.2) is 48.5 Å². The quantitative estimate of drug-likeness (QED) is 0.203. The summed E-state index contributed by atoms with van der Waals surface area (Å²) in [5.41, 5.74) is 0.422. The van der Waals surface area contributed by atoms with Crippen LogP contribution < -0.4 is 0 Å². The van der Waals surface area contributed by atoms with Gasteiger partial charge in [-0.1, -0.05) is 84.4 Å². The third-order valence-corrected chi connectivity index (χ3v) is 6.71. The Morgan fingerprint density at radius 3 is 1.38 bits per heavy atom. The first-order valence-electron chi connectivity index (χ1n) is 14.2. The minimum absolute atomic E-state index is 0.190. The van der Waals surface area contributed by atoms with E-state index in [1.165, 1.54) is 24.3 Å². The Morgan fingerprint density at radius 2 is 1.05 bits per heavy atom. The molecule has 0 saturated heterocycles. The summed E-state index contributed by atoms with van der Waals surface area (Å²) in [4.78, 5) is 45.7. The van der Waals surface area contributed by atoms with E-state index in [9.17, 15) is 19.2 Å². The topological polar surface area (TPSA) is 127 Å². The molecule has 2 unspecified atom stereocenters. The minimum Gasteiger partial charge on any atom is -0.478 e. The summed E-state index contributed by atoms with van der Waals surface area (Å²) < 4.78 is 11.0. The second-order valence-corrected chi connectivity index (χ2v) is 9.77. The van der Waals surface area contributed by atoms with Crippen molar-refractivity contribution in [3.63, 3.8) is 0 Å². The van der Waals surface area contributed by atoms with Crippen LogP contribution in [0.1, 0.15) is 120 Å². The van der Waals surface area contributed by atoms with Crippen LogP contribution in [0.25, 0.3) is 0 Å². The number of carboxylic acid groups (broad SMARTS) is 2. The van der Waals surface area contributed by atoms with Crippen LogP contribution in [0, 0.1) is 11.8 Å². The summed E-state index contributed by atoms with van der Waals surface area (Å²) >= 11 is 0. The van der Waals surface area contributed by atoms with Gasteiger partial charge in [-0.25, -0.2) is 19.2 Å². The Balaban J connectivity index is 0.000000552. The molecule has 2 N–H and O–H groups in total. The molecule has 2 aromatic carbocycles. The molecule has 0 aliphatic heterocycles. The van der Waals surface area contributed by atoms with Crippen LogP contribution in [0.2, 0.25) is 0 Å². The Hall–Kier alpha value is -3.68. The number of ether oxygens (including phenoxy) is 2. The fourth-order valence-corrected chi connectivity index (χ4v) is 3.98. The van der Waals surface area contributed by atoms with Crippen LogP contribution in [0.3, 0.4) is 0 Å². The van der Waals surface area contributed by atoms with Gasteiger partial charge in [0.15, 0.2) is 0 Å². The van der Waals surface area contributed by atoms with Crippen molar-refractivity contribution in [3.8, 4) is 0 Å². The van der Waals surface area contributed by atoms with Gasteiger partial charge in [0.2, 0.25) is 0 Å². The molecule has 2 rings (SSSR count). The molecule has 2 aromatic rings. The van der Waals surface area contributed by atoms with Crippen LogP contribution in [-0.2, 0) is 9.47 Å². The zero-order valence-electron chi connectivity index (χ0n) is 24.2. The fraction of sp³-hybridized carbons (Fsp3) is 0.500. The van der Waals surface area contributed by atoms with E-state index in [2.05, 4.69) is 27.7 Å². The summed E-state index contributed by atoms with van der Waals surface area (Å²) in [6.45, 7) is 9.43. The maximum absolute atomic E-state index is 12.4. The van der Waals surface area contributed by atoms with Gasteiger partial charge >= 0.3 is 23.9 Å². The summed E-state index contributed by atoms with van der Waals surface area (Å²) in [5, 5.41) is 17.1. The third kappa shape index (κ3) is 12.5. The highest BCUT2D eigenvalue weighted by Gasteiger charge is 2.16. The Morgan fingerprint density at radius 1 is 0.650 bits per heavy atom. The molecule has 8 nitrogen and oxygen atoms in total. The molecule has 0 amide bonds. The number of carbonyl (C=O) groups excluding carboxylic acids is 2. The molecule has 0 aromatic heterocycles. The lowest BCUT2D eigenvalue weighted by atomic mass is 10.0. The number of rotatable bonds is 16. The van der Waals surface area contributed by atoms with Gasteiger partial charge in [-0.05, 0) is 55.0 Å². The lowest BCUT2D eigenvalue weighted by Crippen LogP contribution is -2.16. The number of benzene rings is 2. The van der Waals surface area contributed by atoms with E-state index in [-0.39, 0.29) is 23.1 Å². The second-order valence-electron chi connectivity index (χ2n) is 9.77. The molecule has 0 aliphatic carbocycles. The largest absolute Gasteiger partial charge is 0.478 e. The zero-order valence-corrected chi connectivity index (χ0v) is 24.2. The standard InChI is InChI=1S/C24H38O4.C8H6O4/c1-5-9-12-19(7-3)17-27-23(25)21-14-11-15-22(16-21)24(26)28-18-20(8-4)13-10-6-2;9-7(10)5-3-1-2-4-6(5)8(11)12/h11,14-16,19-20H,5-10,12-13,17-18H2,1-4H3;1-4H,(H,9,10)(H,11,12). The van der Waals surface area contributed by atoms with E-state index >= 15 is 0 Å². The molecular formula is C32H44O8. The number of hydrogen-bond donors (Lipinski definition) is 2. The van der Waals surface area contributed by atoms with Crippen molar-refractivity contribution < 1.29 is 38.9 Å². The van der Waals surface area contributed by atoms with E-state index in [1.54, 1.807) is 24.3 Å². The lowest BCUT2D eigenvalue weighted by molar-refractivity contribution is 0.0425. The van der Waals surface area contributed by atoms with Crippen LogP contribution in [0.4, 0.5) is 0 Å². The molecule has 0 radical (unpaired) electrons. The Kier molecular flexibility index (Phi) is 16.6. The van der Waals surface area contributed by atoms with Gasteiger partial charge in [0, 0.05) is 0 Å². The fourth-order valence-electron chi connectivity index (χ4n) is 3.98. The van der Waals surface area contributed by atoms with E-state index in [0.29, 0.717) is 36.2 Å². The lowest BCUT2D eigenvalue weighted by Gasteiger charge is -2.15. The van der Waals surface area contributed by atoms with Gasteiger partial charge in [-0.15, -0.1) is 0 Å². The third-order valence-electron chi connectivity index (χ3n) is 6.71. The Bertz CT molecular complexity index is 998. The average Bonchev–Trinajstić information content (AvgIpc) is 2.97. The van der Waals surface area contributed by atoms with Crippen molar-refractivity contribution in [3.05, 3.63) is 70.8 Å². The monoisotopic (exact) mass is 556 g/mol. The van der Waals surface area contributed by atoms with Crippen molar-refractivity contribution in [2.24, 2.45) is 11.8 Å². The highest BCUT2D eigenvalue weighted by Crippen LogP contribution is 2.17. The smallest absolute Gasteiger partial charge is 0.338 e. The second kappa shape index (κ2) is 19.4. The molecule has 220 valence electrons. The number of carboxylic acids is 2. The van der Waals surface area contributed by atoms with E-state index in [0.717, 1.165) is 51.4 Å². The van der Waals surface area contributed by atoms with E-state index in [4.69, 9.17) is 19.7 Å². The van der Waals surface area contributed by atoms with Crippen LogP contribution in [-0.4, -0.2) is 47.3 Å². The summed E-state index contributed by atoms with van der Waals surface area (Å²) in [6, 6.07) is 12.1. The van der Waals surface area contributed by atoms with Gasteiger partial charge in [-0.2, -0.15) is 0 Å². The van der Waals surface area contributed by atoms with Gasteiger partial charge in [0.1, 0.15) is 0 Å². The molecule has 0 bridgehead atoms. The van der Waals surface area contributed by atoms with Crippen molar-refractivity contribution in [2.45, 2.75) is 79.1 Å². The summed E-state index contributed by atoms with van der Waals surface area (Å²) in [6.07, 6.45) is 8.72. The summed E-state index contributed by atoms with van der Waals surface area (Å²) in [5.74, 6) is -2.42. The molecule has 0 saturated carbocycles. The number of carbonyl (C=O) groups is 4. The minimum atomic E-state index is -1.23. The number of aromatic carboxylic acids is 2. The SMILES string of the molecule is CCCCC(CC)COC(=O)c1cccc(C(=O)OCC(CC)CCCC)c1.O=C(O)c1ccccc1C(=O)O. The number of hydrogen-bond acceptors (Lipinski definition) is 6. The van der Waals surface area contributed by atoms with Gasteiger partial charge in [0.05, 0.1) is 35.5 Å². The maximum Gasteiger partial charge on any atom is 0.338 e. The van der Waals surface area contributed by atoms with E-state index < -0.39 is 11.9 Å². The first-order chi connectivity index (χ1) is 19.2. The normalized spacial score (nSPS) is 11.9. The first kappa shape index (κ1) is 34.3. The van der Waals surface area contributed by atoms with Crippen LogP contribution in [0.5, 0.6) is 0 Å². The van der Waals surface area contributed by atoms with Crippen molar-refractivity contribution in [2.75, 3.05) is 13.2 Å². The van der Waals surface area contributed by atoms with Crippen molar-refractivity contribution in [1.82, 2.24) is 0 Å². The van der Waals surface area contributed by atoms with E-state index in [1.807, 2.05) is 0 Å². The molecular weight excluding hydrogens is 512 g/mol. The Labute approximate surface area is 237 Å². The van der Waals surface area contributed by atoms with Crippen LogP contribution >= 0.6 is 0 Å². The maximum atomic E-state index is 12.4. The molecule has 0 aliphatic rings. The molecule has 40 heavy (non-hydrogen) atoms. The van der Waals surface area contributed by atoms with Crippen molar-refractivity contribution in [1.29, 1.82) is 0 Å². The van der Waals surface area contributed by atoms with Gasteiger partial charge < -0.3 is 19.7 Å². The predicted octanol–water partition coefficient (Wildman–Crippen LogP) is 7.52. The summed E-state index contributed by atoms with van der Waals surface area (Å²) in [7, 11) is 0. The number of unbranched alkanes of at least 4 members (excludes halogenated alkanes) is 2. The predicted molar refractivity (Wildman–Crippen MR) is 154 cm³/mol. The number of esters is 2. The highest BCUT2D eigenvalue weighted by atomic mass is 16.5. The zero-order chi connectivity index (χ0) is 29.9. The first-order valence-corrected chi connectivity index (χ1v) is 14.2. The van der Waals surface area contributed by atoms with Crippen molar-refractivity contribution >= 4 is 23.9 Å². The highest BCUT2D eigenvalue weighted by molar-refractivity contribution is 6.01. The molecule has 0 heterocycles. The van der Waals surface area contributed by atoms with Gasteiger partial charge in [0.25, 0.3) is 0 Å². The molecule has 0 fully saturated rings. The molecule has 8 heteroatoms.